The average molecular weight is 349 g/mol. The third-order valence-electron chi connectivity index (χ3n) is 3.70. The van der Waals surface area contributed by atoms with Gasteiger partial charge < -0.3 is 14.8 Å². The largest absolute Gasteiger partial charge is 0.497 e. The number of nitrogens with one attached hydrogen (secondary N) is 1. The number of hydrogen-bond acceptors (Lipinski definition) is 6. The molecule has 1 heterocycles. The van der Waals surface area contributed by atoms with Crippen molar-refractivity contribution in [1.82, 2.24) is 9.97 Å². The zero-order chi connectivity index (χ0) is 18.4. The van der Waals surface area contributed by atoms with Crippen molar-refractivity contribution < 1.29 is 14.3 Å². The number of benzene rings is 2. The van der Waals surface area contributed by atoms with E-state index in [9.17, 15) is 4.79 Å². The fourth-order valence-corrected chi connectivity index (χ4v) is 2.43. The number of rotatable bonds is 6. The summed E-state index contributed by atoms with van der Waals surface area (Å²) in [5.41, 5.74) is 2.97. The van der Waals surface area contributed by atoms with Crippen LogP contribution >= 0.6 is 0 Å². The van der Waals surface area contributed by atoms with Gasteiger partial charge in [-0.1, -0.05) is 6.07 Å². The van der Waals surface area contributed by atoms with Crippen molar-refractivity contribution in [3.05, 3.63) is 66.5 Å². The SMILES string of the molecule is CCOC(=O)c1cccc(Nc2cc(-c3ccc(OC)cc3)ncn2)c1. The second-order valence-electron chi connectivity index (χ2n) is 5.44. The van der Waals surface area contributed by atoms with E-state index >= 15 is 0 Å². The van der Waals surface area contributed by atoms with Crippen LogP contribution in [0.25, 0.3) is 11.3 Å². The number of ether oxygens (including phenoxy) is 2. The third kappa shape index (κ3) is 4.16. The molecule has 3 rings (SSSR count). The zero-order valence-electron chi connectivity index (χ0n) is 14.6. The molecule has 132 valence electrons. The van der Waals surface area contributed by atoms with Gasteiger partial charge in [0.2, 0.25) is 0 Å². The van der Waals surface area contributed by atoms with E-state index in [1.807, 2.05) is 36.4 Å². The number of carbonyl (C=O) groups is 1. The first kappa shape index (κ1) is 17.4. The maximum atomic E-state index is 11.9. The maximum Gasteiger partial charge on any atom is 0.338 e. The number of carbonyl (C=O) groups excluding carboxylic acids is 1. The summed E-state index contributed by atoms with van der Waals surface area (Å²) >= 11 is 0. The monoisotopic (exact) mass is 349 g/mol. The summed E-state index contributed by atoms with van der Waals surface area (Å²) in [7, 11) is 1.63. The molecule has 0 atom stereocenters. The van der Waals surface area contributed by atoms with E-state index in [0.29, 0.717) is 18.0 Å². The number of anilines is 2. The van der Waals surface area contributed by atoms with E-state index in [1.54, 1.807) is 32.2 Å². The van der Waals surface area contributed by atoms with Gasteiger partial charge in [-0.05, 0) is 49.4 Å². The molecule has 6 heteroatoms. The number of nitrogens with zero attached hydrogens (tertiary/aromatic N) is 2. The smallest absolute Gasteiger partial charge is 0.338 e. The lowest BCUT2D eigenvalue weighted by atomic mass is 10.1. The highest BCUT2D eigenvalue weighted by atomic mass is 16.5. The van der Waals surface area contributed by atoms with E-state index in [-0.39, 0.29) is 5.97 Å². The predicted octanol–water partition coefficient (Wildman–Crippen LogP) is 4.07. The molecule has 0 fully saturated rings. The molecular weight excluding hydrogens is 330 g/mol. The summed E-state index contributed by atoms with van der Waals surface area (Å²) in [6.45, 7) is 2.12. The number of methoxy groups -OCH3 is 1. The number of esters is 1. The fourth-order valence-electron chi connectivity index (χ4n) is 2.43. The van der Waals surface area contributed by atoms with Crippen LogP contribution in [0.15, 0.2) is 60.9 Å². The molecule has 0 amide bonds. The number of hydrogen-bond donors (Lipinski definition) is 1. The quantitative estimate of drug-likeness (QED) is 0.676. The molecule has 1 N–H and O–H groups in total. The van der Waals surface area contributed by atoms with Crippen molar-refractivity contribution in [3.63, 3.8) is 0 Å². The minimum atomic E-state index is -0.349. The molecule has 0 saturated heterocycles. The standard InChI is InChI=1S/C20H19N3O3/c1-3-26-20(24)15-5-4-6-16(11-15)23-19-12-18(21-13-22-19)14-7-9-17(25-2)10-8-14/h4-13H,3H2,1-2H3,(H,21,22,23). The van der Waals surface area contributed by atoms with E-state index in [0.717, 1.165) is 22.7 Å². The van der Waals surface area contributed by atoms with Crippen LogP contribution in [0.2, 0.25) is 0 Å². The lowest BCUT2D eigenvalue weighted by molar-refractivity contribution is 0.0526. The Labute approximate surface area is 151 Å². The first-order chi connectivity index (χ1) is 12.7. The van der Waals surface area contributed by atoms with Crippen molar-refractivity contribution in [2.45, 2.75) is 6.92 Å². The van der Waals surface area contributed by atoms with Gasteiger partial charge in [0.05, 0.1) is 25.0 Å². The highest BCUT2D eigenvalue weighted by molar-refractivity contribution is 5.90. The molecule has 6 nitrogen and oxygen atoms in total. The summed E-state index contributed by atoms with van der Waals surface area (Å²) < 4.78 is 10.2. The summed E-state index contributed by atoms with van der Waals surface area (Å²) in [4.78, 5) is 20.4. The normalized spacial score (nSPS) is 10.2. The molecule has 0 aliphatic carbocycles. The Morgan fingerprint density at radius 3 is 2.62 bits per heavy atom. The summed E-state index contributed by atoms with van der Waals surface area (Å²) in [5, 5.41) is 3.19. The van der Waals surface area contributed by atoms with Crippen LogP contribution in [0.1, 0.15) is 17.3 Å². The van der Waals surface area contributed by atoms with Gasteiger partial charge in [-0.3, -0.25) is 0 Å². The van der Waals surface area contributed by atoms with Gasteiger partial charge in [-0.15, -0.1) is 0 Å². The van der Waals surface area contributed by atoms with Crippen molar-refractivity contribution in [2.24, 2.45) is 0 Å². The summed E-state index contributed by atoms with van der Waals surface area (Å²) in [5.74, 6) is 1.07. The third-order valence-corrected chi connectivity index (χ3v) is 3.70. The van der Waals surface area contributed by atoms with Gasteiger partial charge in [0.1, 0.15) is 17.9 Å². The Kier molecular flexibility index (Phi) is 5.43. The van der Waals surface area contributed by atoms with Gasteiger partial charge >= 0.3 is 5.97 Å². The summed E-state index contributed by atoms with van der Waals surface area (Å²) in [6.07, 6.45) is 1.50. The minimum Gasteiger partial charge on any atom is -0.497 e. The molecule has 0 unspecified atom stereocenters. The van der Waals surface area contributed by atoms with Crippen LogP contribution in [0.3, 0.4) is 0 Å². The van der Waals surface area contributed by atoms with Crippen molar-refractivity contribution in [1.29, 1.82) is 0 Å². The lowest BCUT2D eigenvalue weighted by Gasteiger charge is -2.09. The molecule has 0 aliphatic heterocycles. The van der Waals surface area contributed by atoms with E-state index in [1.165, 1.54) is 6.33 Å². The molecule has 1 aromatic heterocycles. The average Bonchev–Trinajstić information content (AvgIpc) is 2.69. The van der Waals surface area contributed by atoms with Crippen LogP contribution in [0, 0.1) is 0 Å². The molecule has 0 spiro atoms. The van der Waals surface area contributed by atoms with Crippen LogP contribution < -0.4 is 10.1 Å². The van der Waals surface area contributed by atoms with Crippen LogP contribution in [-0.4, -0.2) is 29.7 Å². The Bertz CT molecular complexity index is 895. The highest BCUT2D eigenvalue weighted by Crippen LogP contribution is 2.23. The van der Waals surface area contributed by atoms with Gasteiger partial charge in [-0.25, -0.2) is 14.8 Å². The molecule has 26 heavy (non-hydrogen) atoms. The van der Waals surface area contributed by atoms with Crippen molar-refractivity contribution in [2.75, 3.05) is 19.0 Å². The molecule has 3 aromatic rings. The van der Waals surface area contributed by atoms with E-state index < -0.39 is 0 Å². The Morgan fingerprint density at radius 2 is 1.88 bits per heavy atom. The second kappa shape index (κ2) is 8.11. The van der Waals surface area contributed by atoms with Crippen LogP contribution in [0.4, 0.5) is 11.5 Å². The van der Waals surface area contributed by atoms with Crippen molar-refractivity contribution in [3.8, 4) is 17.0 Å². The van der Waals surface area contributed by atoms with Crippen molar-refractivity contribution >= 4 is 17.5 Å². The van der Waals surface area contributed by atoms with Crippen LogP contribution in [-0.2, 0) is 4.74 Å². The number of aromatic nitrogens is 2. The maximum absolute atomic E-state index is 11.9. The molecule has 2 aromatic carbocycles. The van der Waals surface area contributed by atoms with E-state index in [4.69, 9.17) is 9.47 Å². The second-order valence-corrected chi connectivity index (χ2v) is 5.44. The Balaban J connectivity index is 1.80. The first-order valence-corrected chi connectivity index (χ1v) is 8.20. The molecule has 0 saturated carbocycles. The van der Waals surface area contributed by atoms with E-state index in [2.05, 4.69) is 15.3 Å². The molecular formula is C20H19N3O3. The van der Waals surface area contributed by atoms with Gasteiger partial charge in [-0.2, -0.15) is 0 Å². The first-order valence-electron chi connectivity index (χ1n) is 8.20. The minimum absolute atomic E-state index is 0.341. The van der Waals surface area contributed by atoms with Gasteiger partial charge in [0, 0.05) is 17.3 Å². The highest BCUT2D eigenvalue weighted by Gasteiger charge is 2.08. The Morgan fingerprint density at radius 1 is 1.08 bits per heavy atom. The summed E-state index contributed by atoms with van der Waals surface area (Å²) in [6, 6.07) is 16.6. The zero-order valence-corrected chi connectivity index (χ0v) is 14.6. The Hall–Kier alpha value is -3.41. The molecule has 0 radical (unpaired) electrons. The van der Waals surface area contributed by atoms with Gasteiger partial charge in [0.25, 0.3) is 0 Å². The predicted molar refractivity (Wildman–Crippen MR) is 99.7 cm³/mol. The van der Waals surface area contributed by atoms with Crippen LogP contribution in [0.5, 0.6) is 5.75 Å². The topological polar surface area (TPSA) is 73.3 Å². The van der Waals surface area contributed by atoms with Gasteiger partial charge in [0.15, 0.2) is 0 Å². The molecule has 0 aliphatic rings. The fraction of sp³-hybridized carbons (Fsp3) is 0.150. The lowest BCUT2D eigenvalue weighted by Crippen LogP contribution is -2.05. The molecule has 0 bridgehead atoms.